The summed E-state index contributed by atoms with van der Waals surface area (Å²) >= 11 is 1.68. The van der Waals surface area contributed by atoms with Gasteiger partial charge in [-0.15, -0.1) is 11.3 Å². The molecule has 1 aliphatic carbocycles. The fraction of sp³-hybridized carbons (Fsp3) is 0.643. The molecule has 0 radical (unpaired) electrons. The fourth-order valence-electron chi connectivity index (χ4n) is 3.89. The summed E-state index contributed by atoms with van der Waals surface area (Å²) in [5.41, 5.74) is 11.0. The molecule has 0 saturated heterocycles. The number of carbonyl (C=O) groups is 1. The molecule has 1 aliphatic rings. The Bertz CT molecular complexity index is 897. The van der Waals surface area contributed by atoms with Crippen molar-refractivity contribution in [2.75, 3.05) is 13.2 Å². The summed E-state index contributed by atoms with van der Waals surface area (Å²) in [7, 11) is 0. The summed E-state index contributed by atoms with van der Waals surface area (Å²) in [5.74, 6) is 1.08. The molecule has 6 N–H and O–H groups in total. The molecular formula is C28H48KN3O5S. The van der Waals surface area contributed by atoms with Crippen LogP contribution < -0.4 is 72.7 Å². The SMILES string of the molecule is CC.CC(N)([O-])c1cc(OCCN)ccc1-c1cnc(C2CCCCC2)s1.CCCC(=O)OC(C)C.O.[K+]. The van der Waals surface area contributed by atoms with Crippen LogP contribution in [0, 0.1) is 0 Å². The van der Waals surface area contributed by atoms with Crippen LogP contribution in [0.25, 0.3) is 10.4 Å². The van der Waals surface area contributed by atoms with Crippen molar-refractivity contribution in [3.63, 3.8) is 0 Å². The minimum absolute atomic E-state index is 0. The van der Waals surface area contributed by atoms with Gasteiger partial charge in [-0.2, -0.15) is 0 Å². The normalized spacial score (nSPS) is 14.4. The Hall–Kier alpha value is -0.404. The van der Waals surface area contributed by atoms with Gasteiger partial charge < -0.3 is 31.5 Å². The first-order chi connectivity index (χ1) is 17.2. The van der Waals surface area contributed by atoms with E-state index in [0.717, 1.165) is 16.9 Å². The molecular weight excluding hydrogens is 529 g/mol. The number of rotatable bonds is 9. The number of nitrogens with zero attached hydrogens (tertiary/aromatic N) is 1. The Morgan fingerprint density at radius 2 is 1.87 bits per heavy atom. The van der Waals surface area contributed by atoms with Gasteiger partial charge in [0.25, 0.3) is 0 Å². The van der Waals surface area contributed by atoms with E-state index in [9.17, 15) is 9.90 Å². The van der Waals surface area contributed by atoms with Crippen LogP contribution in [0.15, 0.2) is 24.4 Å². The van der Waals surface area contributed by atoms with Crippen molar-refractivity contribution in [1.82, 2.24) is 4.98 Å². The first-order valence-corrected chi connectivity index (χ1v) is 14.1. The van der Waals surface area contributed by atoms with E-state index >= 15 is 0 Å². The number of nitrogens with two attached hydrogens (primary N) is 2. The third-order valence-corrected chi connectivity index (χ3v) is 6.67. The summed E-state index contributed by atoms with van der Waals surface area (Å²) in [6.07, 6.45) is 9.61. The molecule has 1 saturated carbocycles. The number of ether oxygens (including phenoxy) is 2. The molecule has 0 aliphatic heterocycles. The summed E-state index contributed by atoms with van der Waals surface area (Å²) in [5, 5.41) is 13.7. The number of thiazole rings is 1. The second-order valence-corrected chi connectivity index (χ2v) is 10.2. The number of hydrogen-bond acceptors (Lipinski definition) is 8. The van der Waals surface area contributed by atoms with Gasteiger partial charge in [0.2, 0.25) is 0 Å². The maximum atomic E-state index is 12.5. The largest absolute Gasteiger partial charge is 1.00 e. The first kappa shape index (κ1) is 39.7. The van der Waals surface area contributed by atoms with Crippen molar-refractivity contribution >= 4 is 17.3 Å². The topological polar surface area (TPSA) is 155 Å². The van der Waals surface area contributed by atoms with Gasteiger partial charge in [-0.3, -0.25) is 4.79 Å². The van der Waals surface area contributed by atoms with E-state index in [0.29, 0.717) is 36.8 Å². The molecule has 1 heterocycles. The average molecular weight is 578 g/mol. The molecule has 0 spiro atoms. The Balaban J connectivity index is 0. The molecule has 1 aromatic carbocycles. The Kier molecular flexibility index (Phi) is 22.3. The summed E-state index contributed by atoms with van der Waals surface area (Å²) < 4.78 is 10.4. The van der Waals surface area contributed by atoms with Crippen molar-refractivity contribution < 1.29 is 76.2 Å². The number of benzene rings is 1. The van der Waals surface area contributed by atoms with Gasteiger partial charge in [0.15, 0.2) is 0 Å². The average Bonchev–Trinajstić information content (AvgIpc) is 3.34. The Morgan fingerprint density at radius 1 is 1.24 bits per heavy atom. The maximum Gasteiger partial charge on any atom is 1.00 e. The molecule has 8 nitrogen and oxygen atoms in total. The van der Waals surface area contributed by atoms with Gasteiger partial charge in [-0.05, 0) is 68.2 Å². The van der Waals surface area contributed by atoms with E-state index < -0.39 is 5.72 Å². The van der Waals surface area contributed by atoms with Crippen molar-refractivity contribution in [3.05, 3.63) is 35.0 Å². The predicted octanol–water partition coefficient (Wildman–Crippen LogP) is 1.63. The zero-order chi connectivity index (χ0) is 27.1. The van der Waals surface area contributed by atoms with E-state index in [4.69, 9.17) is 20.9 Å². The van der Waals surface area contributed by atoms with Crippen molar-refractivity contribution in [1.29, 1.82) is 0 Å². The molecule has 1 atom stereocenters. The smallest absolute Gasteiger partial charge is 0.835 e. The van der Waals surface area contributed by atoms with Crippen LogP contribution >= 0.6 is 11.3 Å². The monoisotopic (exact) mass is 577 g/mol. The number of esters is 1. The standard InChI is InChI=1S/C19H26N3O2S.C7H14O2.C2H6.K.H2O/c1-19(21,23)16-11-14(24-10-9-20)7-8-15(16)17-12-22-18(25-17)13-5-3-2-4-6-13;1-4-5-7(8)9-6(2)3;1-2;;/h7-8,11-13H,2-6,9-10,20-21H2,1H3;6H,4-5H2,1-3H3;1-2H3;;1H2/q-1;;;+1;. The molecule has 1 unspecified atom stereocenters. The summed E-state index contributed by atoms with van der Waals surface area (Å²) in [6.45, 7) is 12.0. The first-order valence-electron chi connectivity index (χ1n) is 13.3. The molecule has 1 aromatic heterocycles. The van der Waals surface area contributed by atoms with Crippen LogP contribution in [-0.4, -0.2) is 35.7 Å². The Labute approximate surface area is 276 Å². The second-order valence-electron chi connectivity index (χ2n) is 9.14. The molecule has 0 bridgehead atoms. The molecule has 10 heteroatoms. The molecule has 2 aromatic rings. The third-order valence-electron chi connectivity index (χ3n) is 5.48. The minimum Gasteiger partial charge on any atom is -0.835 e. The van der Waals surface area contributed by atoms with Crippen LogP contribution in [-0.2, 0) is 15.3 Å². The van der Waals surface area contributed by atoms with Crippen LogP contribution in [0.2, 0.25) is 0 Å². The van der Waals surface area contributed by atoms with Crippen LogP contribution in [0.4, 0.5) is 0 Å². The van der Waals surface area contributed by atoms with E-state index in [1.807, 2.05) is 52.9 Å². The van der Waals surface area contributed by atoms with Gasteiger partial charge in [-0.1, -0.05) is 47.0 Å². The van der Waals surface area contributed by atoms with Gasteiger partial charge in [0.05, 0.1) is 16.0 Å². The third kappa shape index (κ3) is 14.3. The second kappa shape index (κ2) is 21.4. The van der Waals surface area contributed by atoms with Crippen LogP contribution in [0.3, 0.4) is 0 Å². The van der Waals surface area contributed by atoms with E-state index in [-0.39, 0.29) is 68.9 Å². The van der Waals surface area contributed by atoms with E-state index in [1.54, 1.807) is 17.4 Å². The van der Waals surface area contributed by atoms with E-state index in [2.05, 4.69) is 4.98 Å². The zero-order valence-corrected chi connectivity index (χ0v) is 28.4. The molecule has 0 amide bonds. The molecule has 38 heavy (non-hydrogen) atoms. The van der Waals surface area contributed by atoms with Crippen LogP contribution in [0.1, 0.15) is 103 Å². The van der Waals surface area contributed by atoms with Crippen LogP contribution in [0.5, 0.6) is 5.75 Å². The quantitative estimate of drug-likeness (QED) is 0.261. The van der Waals surface area contributed by atoms with Crippen molar-refractivity contribution in [3.8, 4) is 16.2 Å². The molecule has 1 fully saturated rings. The number of aromatic nitrogens is 1. The number of hydrogen-bond donors (Lipinski definition) is 2. The van der Waals surface area contributed by atoms with Crippen molar-refractivity contribution in [2.24, 2.45) is 11.5 Å². The molecule has 212 valence electrons. The molecule has 3 rings (SSSR count). The zero-order valence-electron chi connectivity index (χ0n) is 24.5. The van der Waals surface area contributed by atoms with Gasteiger partial charge >= 0.3 is 57.4 Å². The predicted molar refractivity (Wildman–Crippen MR) is 151 cm³/mol. The summed E-state index contributed by atoms with van der Waals surface area (Å²) in [6, 6.07) is 5.50. The Morgan fingerprint density at radius 3 is 2.39 bits per heavy atom. The fourth-order valence-corrected chi connectivity index (χ4v) is 5.02. The number of carbonyl (C=O) groups excluding carboxylic acids is 1. The summed E-state index contributed by atoms with van der Waals surface area (Å²) in [4.78, 5) is 16.3. The van der Waals surface area contributed by atoms with Gasteiger partial charge in [-0.25, -0.2) is 4.98 Å². The van der Waals surface area contributed by atoms with Gasteiger partial charge in [0, 0.05) is 25.1 Å². The van der Waals surface area contributed by atoms with Gasteiger partial charge in [0.1, 0.15) is 12.4 Å². The van der Waals surface area contributed by atoms with E-state index in [1.165, 1.54) is 44.0 Å². The van der Waals surface area contributed by atoms with Crippen molar-refractivity contribution in [2.45, 2.75) is 104 Å². The minimum atomic E-state index is -1.70. The maximum absolute atomic E-state index is 12.5.